The Morgan fingerprint density at radius 3 is 2.62 bits per heavy atom. The van der Waals surface area contributed by atoms with Gasteiger partial charge in [0.2, 0.25) is 0 Å². The van der Waals surface area contributed by atoms with E-state index in [9.17, 15) is 13.6 Å². The number of para-hydroxylation sites is 1. The number of carbonyl (C=O) groups excluding carboxylic acids is 1. The van der Waals surface area contributed by atoms with Gasteiger partial charge >= 0.3 is 5.38 Å². The molecule has 0 spiro atoms. The van der Waals surface area contributed by atoms with Crippen LogP contribution in [0.15, 0.2) is 24.3 Å². The largest absolute Gasteiger partial charge is 0.493 e. The van der Waals surface area contributed by atoms with Crippen molar-refractivity contribution in [3.8, 4) is 5.75 Å². The van der Waals surface area contributed by atoms with Crippen molar-refractivity contribution in [1.29, 1.82) is 0 Å². The molecule has 88 valence electrons. The first-order valence-electron chi connectivity index (χ1n) is 4.80. The van der Waals surface area contributed by atoms with Crippen molar-refractivity contribution in [2.75, 3.05) is 6.61 Å². The van der Waals surface area contributed by atoms with Gasteiger partial charge in [0.15, 0.2) is 0 Å². The Morgan fingerprint density at radius 1 is 1.44 bits per heavy atom. The van der Waals surface area contributed by atoms with Gasteiger partial charge in [-0.1, -0.05) is 19.1 Å². The fourth-order valence-electron chi connectivity index (χ4n) is 1.14. The van der Waals surface area contributed by atoms with E-state index < -0.39 is 11.2 Å². The summed E-state index contributed by atoms with van der Waals surface area (Å²) in [7, 11) is 0. The molecule has 2 nitrogen and oxygen atoms in total. The second-order valence-corrected chi connectivity index (χ2v) is 3.65. The van der Waals surface area contributed by atoms with E-state index in [2.05, 4.69) is 11.6 Å². The van der Waals surface area contributed by atoms with E-state index >= 15 is 0 Å². The summed E-state index contributed by atoms with van der Waals surface area (Å²) in [5.41, 5.74) is -0.198. The van der Waals surface area contributed by atoms with E-state index in [1.165, 1.54) is 18.2 Å². The molecule has 0 fully saturated rings. The number of halogens is 3. The van der Waals surface area contributed by atoms with E-state index in [1.807, 2.05) is 6.92 Å². The van der Waals surface area contributed by atoms with Crippen LogP contribution in [-0.4, -0.2) is 17.8 Å². The maximum atomic E-state index is 12.7. The molecule has 0 aliphatic heterocycles. The van der Waals surface area contributed by atoms with Crippen LogP contribution in [-0.2, 0) is 0 Å². The lowest BCUT2D eigenvalue weighted by molar-refractivity contribution is 0.0532. The van der Waals surface area contributed by atoms with Crippen LogP contribution in [0.25, 0.3) is 0 Å². The molecule has 0 amide bonds. The number of hydrogen-bond acceptors (Lipinski definition) is 2. The molecule has 0 saturated carbocycles. The Hall–Kier alpha value is -1.16. The topological polar surface area (TPSA) is 26.3 Å². The number of rotatable bonds is 5. The molecule has 0 aliphatic carbocycles. The number of benzene rings is 1. The summed E-state index contributed by atoms with van der Waals surface area (Å²) in [6, 6.07) is 5.82. The molecule has 0 aliphatic rings. The first-order chi connectivity index (χ1) is 7.46. The Labute approximate surface area is 97.2 Å². The van der Waals surface area contributed by atoms with Gasteiger partial charge in [0, 0.05) is 0 Å². The summed E-state index contributed by atoms with van der Waals surface area (Å²) in [6.07, 6.45) is 0.722. The van der Waals surface area contributed by atoms with E-state index in [1.54, 1.807) is 6.07 Å². The van der Waals surface area contributed by atoms with Crippen molar-refractivity contribution >= 4 is 17.4 Å². The highest BCUT2D eigenvalue weighted by molar-refractivity contribution is 6.35. The number of alkyl halides is 3. The first kappa shape index (κ1) is 12.9. The van der Waals surface area contributed by atoms with Gasteiger partial charge in [-0.25, -0.2) is 0 Å². The highest BCUT2D eigenvalue weighted by Gasteiger charge is 2.38. The SMILES string of the molecule is CCCOc1ccccc1C(=O)C(F)(F)Cl. The maximum absolute atomic E-state index is 12.7. The number of hydrogen-bond donors (Lipinski definition) is 0. The lowest BCUT2D eigenvalue weighted by Crippen LogP contribution is -2.22. The van der Waals surface area contributed by atoms with Gasteiger partial charge in [-0.05, 0) is 30.2 Å². The van der Waals surface area contributed by atoms with Gasteiger partial charge in [-0.15, -0.1) is 0 Å². The van der Waals surface area contributed by atoms with E-state index in [-0.39, 0.29) is 11.3 Å². The normalized spacial score (nSPS) is 11.2. The van der Waals surface area contributed by atoms with Crippen LogP contribution in [0, 0.1) is 0 Å². The molecule has 1 aromatic rings. The molecule has 5 heteroatoms. The molecule has 0 bridgehead atoms. The molecule has 0 radical (unpaired) electrons. The van der Waals surface area contributed by atoms with Crippen LogP contribution in [0.5, 0.6) is 5.75 Å². The van der Waals surface area contributed by atoms with Crippen molar-refractivity contribution in [3.05, 3.63) is 29.8 Å². The van der Waals surface area contributed by atoms with Crippen LogP contribution < -0.4 is 4.74 Å². The van der Waals surface area contributed by atoms with E-state index in [0.717, 1.165) is 6.42 Å². The van der Waals surface area contributed by atoms with Gasteiger partial charge in [-0.3, -0.25) is 4.79 Å². The van der Waals surface area contributed by atoms with Crippen molar-refractivity contribution in [1.82, 2.24) is 0 Å². The van der Waals surface area contributed by atoms with Crippen molar-refractivity contribution in [2.24, 2.45) is 0 Å². The molecule has 0 atom stereocenters. The summed E-state index contributed by atoms with van der Waals surface area (Å²) < 4.78 is 30.5. The minimum absolute atomic E-state index is 0.134. The van der Waals surface area contributed by atoms with Gasteiger partial charge in [0.05, 0.1) is 12.2 Å². The lowest BCUT2D eigenvalue weighted by Gasteiger charge is -2.11. The monoisotopic (exact) mass is 248 g/mol. The maximum Gasteiger partial charge on any atom is 0.385 e. The van der Waals surface area contributed by atoms with Crippen LogP contribution in [0.2, 0.25) is 0 Å². The Kier molecular flexibility index (Phi) is 4.24. The second kappa shape index (κ2) is 5.25. The number of carbonyl (C=O) groups is 1. The fraction of sp³-hybridized carbons (Fsp3) is 0.364. The van der Waals surface area contributed by atoms with Crippen molar-refractivity contribution < 1.29 is 18.3 Å². The molecule has 0 saturated heterocycles. The number of Topliss-reactive ketones (excluding diaryl/α,β-unsaturated/α-hetero) is 1. The van der Waals surface area contributed by atoms with Crippen LogP contribution in [0.3, 0.4) is 0 Å². The highest BCUT2D eigenvalue weighted by Crippen LogP contribution is 2.29. The van der Waals surface area contributed by atoms with Gasteiger partial charge in [-0.2, -0.15) is 8.78 Å². The summed E-state index contributed by atoms with van der Waals surface area (Å²) in [5, 5.41) is -3.90. The smallest absolute Gasteiger partial charge is 0.385 e. The Bertz CT molecular complexity index is 374. The molecule has 0 N–H and O–H groups in total. The van der Waals surface area contributed by atoms with Crippen molar-refractivity contribution in [3.63, 3.8) is 0 Å². The van der Waals surface area contributed by atoms with Gasteiger partial charge in [0.1, 0.15) is 5.75 Å². The van der Waals surface area contributed by atoms with Crippen molar-refractivity contribution in [2.45, 2.75) is 18.7 Å². The minimum Gasteiger partial charge on any atom is -0.493 e. The third kappa shape index (κ3) is 3.17. The third-order valence-electron chi connectivity index (χ3n) is 1.85. The predicted molar refractivity (Wildman–Crippen MR) is 57.4 cm³/mol. The molecule has 16 heavy (non-hydrogen) atoms. The van der Waals surface area contributed by atoms with Gasteiger partial charge < -0.3 is 4.74 Å². The van der Waals surface area contributed by atoms with Crippen LogP contribution in [0.1, 0.15) is 23.7 Å². The summed E-state index contributed by atoms with van der Waals surface area (Å²) in [4.78, 5) is 11.3. The fourth-order valence-corrected chi connectivity index (χ4v) is 1.25. The average molecular weight is 249 g/mol. The molecule has 0 aromatic heterocycles. The van der Waals surface area contributed by atoms with E-state index in [0.29, 0.717) is 6.61 Å². The molecule has 0 unspecified atom stereocenters. The molecular weight excluding hydrogens is 238 g/mol. The second-order valence-electron chi connectivity index (χ2n) is 3.17. The van der Waals surface area contributed by atoms with Gasteiger partial charge in [0.25, 0.3) is 5.78 Å². The molecule has 1 aromatic carbocycles. The number of ether oxygens (including phenoxy) is 1. The zero-order chi connectivity index (χ0) is 12.2. The quantitative estimate of drug-likeness (QED) is 0.589. The van der Waals surface area contributed by atoms with E-state index in [4.69, 9.17) is 4.74 Å². The first-order valence-corrected chi connectivity index (χ1v) is 5.18. The van der Waals surface area contributed by atoms with Crippen LogP contribution in [0.4, 0.5) is 8.78 Å². The van der Waals surface area contributed by atoms with Crippen LogP contribution >= 0.6 is 11.6 Å². The zero-order valence-electron chi connectivity index (χ0n) is 8.67. The third-order valence-corrected chi connectivity index (χ3v) is 2.02. The average Bonchev–Trinajstić information content (AvgIpc) is 2.24. The lowest BCUT2D eigenvalue weighted by atomic mass is 10.1. The highest BCUT2D eigenvalue weighted by atomic mass is 35.5. The molecule has 0 heterocycles. The summed E-state index contributed by atoms with van der Waals surface area (Å²) in [5.74, 6) is -1.31. The minimum atomic E-state index is -3.90. The standard InChI is InChI=1S/C11H11ClF2O2/c1-2-7-16-9-6-4-3-5-8(9)10(15)11(12,13)14/h3-6H,2,7H2,1H3. The molecule has 1 rings (SSSR count). The zero-order valence-corrected chi connectivity index (χ0v) is 9.43. The predicted octanol–water partition coefficient (Wildman–Crippen LogP) is 3.49. The summed E-state index contributed by atoms with van der Waals surface area (Å²) >= 11 is 4.69. The Morgan fingerprint density at radius 2 is 2.06 bits per heavy atom. The Balaban J connectivity index is 2.99. The summed E-state index contributed by atoms with van der Waals surface area (Å²) in [6.45, 7) is 2.23. The number of ketones is 1. The molecular formula is C11H11ClF2O2.